The van der Waals surface area contributed by atoms with Gasteiger partial charge in [0.25, 0.3) is 0 Å². The molecule has 0 N–H and O–H groups in total. The number of halogens is 4. The Morgan fingerprint density at radius 1 is 0.972 bits per heavy atom. The number of imide groups is 1. The SMILES string of the molecule is O=C(c1cccs1)C1C2C(=O)N(c3cc(C(F)(F)F)ccc3Cl)C(=O)C2C2c3ccccc3C=CN12. The summed E-state index contributed by atoms with van der Waals surface area (Å²) in [5.41, 5.74) is 0.259. The van der Waals surface area contributed by atoms with Crippen molar-refractivity contribution in [2.24, 2.45) is 11.8 Å². The number of carbonyl (C=O) groups is 3. The predicted octanol–water partition coefficient (Wildman–Crippen LogP) is 5.82. The number of hydrogen-bond acceptors (Lipinski definition) is 5. The molecule has 2 saturated heterocycles. The second-order valence-corrected chi connectivity index (χ2v) is 10.2. The van der Waals surface area contributed by atoms with E-state index in [1.54, 1.807) is 28.6 Å². The van der Waals surface area contributed by atoms with Gasteiger partial charge in [-0.05, 0) is 46.8 Å². The average Bonchev–Trinajstić information content (AvgIpc) is 3.55. The summed E-state index contributed by atoms with van der Waals surface area (Å²) in [6, 6.07) is 11.6. The Bertz CT molecular complexity index is 1450. The maximum absolute atomic E-state index is 13.8. The molecule has 0 radical (unpaired) electrons. The molecular weight excluding hydrogens is 513 g/mol. The van der Waals surface area contributed by atoms with E-state index in [-0.39, 0.29) is 16.5 Å². The summed E-state index contributed by atoms with van der Waals surface area (Å²) in [5.74, 6) is -3.78. The lowest BCUT2D eigenvalue weighted by molar-refractivity contribution is -0.137. The zero-order valence-corrected chi connectivity index (χ0v) is 19.8. The number of ketones is 1. The van der Waals surface area contributed by atoms with Crippen LogP contribution in [0.3, 0.4) is 0 Å². The first-order chi connectivity index (χ1) is 17.2. The number of nitrogens with zero attached hydrogens (tertiary/aromatic N) is 2. The van der Waals surface area contributed by atoms with Gasteiger partial charge >= 0.3 is 6.18 Å². The number of rotatable bonds is 3. The quantitative estimate of drug-likeness (QED) is 0.317. The minimum absolute atomic E-state index is 0.161. The van der Waals surface area contributed by atoms with E-state index >= 15 is 0 Å². The van der Waals surface area contributed by atoms with Crippen molar-refractivity contribution in [2.75, 3.05) is 4.90 Å². The molecule has 4 atom stereocenters. The summed E-state index contributed by atoms with van der Waals surface area (Å²) < 4.78 is 40.3. The lowest BCUT2D eigenvalue weighted by Crippen LogP contribution is -2.44. The van der Waals surface area contributed by atoms with Crippen LogP contribution < -0.4 is 4.90 Å². The fraction of sp³-hybridized carbons (Fsp3) is 0.192. The van der Waals surface area contributed by atoms with Crippen LogP contribution >= 0.6 is 22.9 Å². The summed E-state index contributed by atoms with van der Waals surface area (Å²) >= 11 is 7.44. The highest BCUT2D eigenvalue weighted by Crippen LogP contribution is 2.54. The monoisotopic (exact) mass is 528 g/mol. The number of benzene rings is 2. The fourth-order valence-corrected chi connectivity index (χ4v) is 6.42. The molecular formula is C26H16ClF3N2O3S. The molecule has 1 aromatic heterocycles. The summed E-state index contributed by atoms with van der Waals surface area (Å²) in [6.07, 6.45) is -1.13. The van der Waals surface area contributed by atoms with E-state index in [2.05, 4.69) is 0 Å². The molecule has 0 saturated carbocycles. The second-order valence-electron chi connectivity index (χ2n) is 8.85. The molecule has 10 heteroatoms. The predicted molar refractivity (Wildman–Crippen MR) is 128 cm³/mol. The number of fused-ring (bicyclic) bond motifs is 5. The Kier molecular flexibility index (Phi) is 5.14. The van der Waals surface area contributed by atoms with Gasteiger partial charge in [0.2, 0.25) is 11.8 Å². The molecule has 0 spiro atoms. The van der Waals surface area contributed by atoms with E-state index < -0.39 is 47.5 Å². The molecule has 4 heterocycles. The smallest absolute Gasteiger partial charge is 0.358 e. The van der Waals surface area contributed by atoms with Crippen LogP contribution in [0.2, 0.25) is 5.02 Å². The minimum atomic E-state index is -4.69. The van der Waals surface area contributed by atoms with Crippen molar-refractivity contribution < 1.29 is 27.6 Å². The van der Waals surface area contributed by atoms with Crippen LogP contribution in [0, 0.1) is 11.8 Å². The normalized spacial score (nSPS) is 24.7. The van der Waals surface area contributed by atoms with Crippen molar-refractivity contribution >= 4 is 52.3 Å². The molecule has 2 amide bonds. The van der Waals surface area contributed by atoms with Crippen molar-refractivity contribution in [1.82, 2.24) is 4.90 Å². The maximum atomic E-state index is 13.8. The third-order valence-corrected chi connectivity index (χ3v) is 8.21. The molecule has 3 aromatic rings. The first kappa shape index (κ1) is 23.0. The Morgan fingerprint density at radius 2 is 1.72 bits per heavy atom. The van der Waals surface area contributed by atoms with Gasteiger partial charge in [0.05, 0.1) is 39.0 Å². The molecule has 6 rings (SSSR count). The zero-order chi connectivity index (χ0) is 25.4. The van der Waals surface area contributed by atoms with E-state index in [9.17, 15) is 27.6 Å². The fourth-order valence-electron chi connectivity index (χ4n) is 5.52. The molecule has 2 fully saturated rings. The Morgan fingerprint density at radius 3 is 2.44 bits per heavy atom. The van der Waals surface area contributed by atoms with Crippen molar-refractivity contribution in [3.8, 4) is 0 Å². The molecule has 0 bridgehead atoms. The largest absolute Gasteiger partial charge is 0.416 e. The van der Waals surface area contributed by atoms with E-state index in [1.165, 1.54) is 11.3 Å². The molecule has 5 nitrogen and oxygen atoms in total. The van der Waals surface area contributed by atoms with Gasteiger partial charge in [-0.15, -0.1) is 11.3 Å². The maximum Gasteiger partial charge on any atom is 0.416 e. The summed E-state index contributed by atoms with van der Waals surface area (Å²) in [5, 5.41) is 1.58. The van der Waals surface area contributed by atoms with Crippen LogP contribution in [0.5, 0.6) is 0 Å². The van der Waals surface area contributed by atoms with Gasteiger partial charge in [0.15, 0.2) is 5.78 Å². The van der Waals surface area contributed by atoms with Crippen molar-refractivity contribution in [3.05, 3.63) is 92.8 Å². The highest BCUT2D eigenvalue weighted by molar-refractivity contribution is 7.12. The first-order valence-electron chi connectivity index (χ1n) is 11.1. The van der Waals surface area contributed by atoms with Gasteiger partial charge in [-0.2, -0.15) is 13.2 Å². The van der Waals surface area contributed by atoms with Crippen LogP contribution in [-0.4, -0.2) is 28.5 Å². The van der Waals surface area contributed by atoms with Crippen LogP contribution in [-0.2, 0) is 15.8 Å². The molecule has 3 aliphatic rings. The van der Waals surface area contributed by atoms with Gasteiger partial charge < -0.3 is 4.90 Å². The van der Waals surface area contributed by atoms with Crippen molar-refractivity contribution in [2.45, 2.75) is 18.3 Å². The first-order valence-corrected chi connectivity index (χ1v) is 12.3. The number of Topliss-reactive ketones (excluding diaryl/α,β-unsaturated/α-hetero) is 1. The third kappa shape index (κ3) is 3.26. The van der Waals surface area contributed by atoms with Gasteiger partial charge in [0.1, 0.15) is 6.04 Å². The molecule has 3 aliphatic heterocycles. The van der Waals surface area contributed by atoms with Gasteiger partial charge in [-0.3, -0.25) is 14.4 Å². The average molecular weight is 529 g/mol. The Labute approximate surface area is 212 Å². The number of alkyl halides is 3. The van der Waals surface area contributed by atoms with Crippen LogP contribution in [0.15, 0.2) is 66.2 Å². The number of hydrogen-bond donors (Lipinski definition) is 0. The van der Waals surface area contributed by atoms with E-state index in [4.69, 9.17) is 11.6 Å². The number of amides is 2. The molecule has 4 unspecified atom stereocenters. The summed E-state index contributed by atoms with van der Waals surface area (Å²) in [6.45, 7) is 0. The molecule has 0 aliphatic carbocycles. The summed E-state index contributed by atoms with van der Waals surface area (Å²) in [7, 11) is 0. The van der Waals surface area contributed by atoms with Gasteiger partial charge in [0, 0.05) is 6.20 Å². The van der Waals surface area contributed by atoms with Crippen molar-refractivity contribution in [3.63, 3.8) is 0 Å². The molecule has 36 heavy (non-hydrogen) atoms. The third-order valence-electron chi connectivity index (χ3n) is 7.01. The minimum Gasteiger partial charge on any atom is -0.358 e. The Hall–Kier alpha value is -3.43. The van der Waals surface area contributed by atoms with Gasteiger partial charge in [-0.1, -0.05) is 41.9 Å². The molecule has 2 aromatic carbocycles. The number of thiophene rings is 1. The summed E-state index contributed by atoms with van der Waals surface area (Å²) in [4.78, 5) is 44.2. The van der Waals surface area contributed by atoms with Crippen LogP contribution in [0.4, 0.5) is 18.9 Å². The second kappa shape index (κ2) is 8.04. The number of carbonyl (C=O) groups excluding carboxylic acids is 3. The lowest BCUT2D eigenvalue weighted by Gasteiger charge is -2.35. The zero-order valence-electron chi connectivity index (χ0n) is 18.3. The van der Waals surface area contributed by atoms with Crippen LogP contribution in [0.25, 0.3) is 6.08 Å². The van der Waals surface area contributed by atoms with Crippen molar-refractivity contribution in [1.29, 1.82) is 0 Å². The number of anilines is 1. The van der Waals surface area contributed by atoms with E-state index in [0.29, 0.717) is 10.9 Å². The Balaban J connectivity index is 1.51. The van der Waals surface area contributed by atoms with Gasteiger partial charge in [-0.25, -0.2) is 4.90 Å². The highest BCUT2D eigenvalue weighted by Gasteiger charge is 2.64. The highest BCUT2D eigenvalue weighted by atomic mass is 35.5. The van der Waals surface area contributed by atoms with E-state index in [1.807, 2.05) is 30.3 Å². The molecule has 182 valence electrons. The standard InChI is InChI=1S/C26H16ClF3N2O3S/c27-16-8-7-14(26(28,29)30)12-17(16)32-24(34)19-20(25(32)35)22(23(33)18-6-3-11-36-18)31-10-9-13-4-1-2-5-15(13)21(19)31/h1-12,19-22H. The topological polar surface area (TPSA) is 57.7 Å². The lowest BCUT2D eigenvalue weighted by atomic mass is 9.84. The van der Waals surface area contributed by atoms with Crippen LogP contribution in [0.1, 0.15) is 32.4 Å². The van der Waals surface area contributed by atoms with E-state index in [0.717, 1.165) is 28.2 Å².